The fraction of sp³-hybridized carbons (Fsp3) is 0.905. The molecule has 5 nitrogen and oxygen atoms in total. The summed E-state index contributed by atoms with van der Waals surface area (Å²) in [5, 5.41) is 0. The maximum Gasteiger partial charge on any atom is 0.347 e. The number of nitrogens with zero attached hydrogens (tertiary/aromatic N) is 3. The first kappa shape index (κ1) is 13.8. The number of hydrogen-bond donors (Lipinski definition) is 0. The second kappa shape index (κ2) is 3.22. The highest BCUT2D eigenvalue weighted by atomic mass is 16.2. The van der Waals surface area contributed by atoms with Crippen LogP contribution in [-0.2, 0) is 0 Å². The zero-order valence-corrected chi connectivity index (χ0v) is 16.0. The van der Waals surface area contributed by atoms with E-state index in [1.165, 1.54) is 6.42 Å². The Morgan fingerprint density at radius 2 is 1.65 bits per heavy atom. The quantitative estimate of drug-likeness (QED) is 0.779. The van der Waals surface area contributed by atoms with Gasteiger partial charge in [-0.1, -0.05) is 27.7 Å². The van der Waals surface area contributed by atoms with Crippen LogP contribution < -0.4 is 11.4 Å². The van der Waals surface area contributed by atoms with Gasteiger partial charge in [0, 0.05) is 6.04 Å². The fourth-order valence-electron chi connectivity index (χ4n) is 10.2. The van der Waals surface area contributed by atoms with Gasteiger partial charge in [0.05, 0.1) is 12.1 Å². The van der Waals surface area contributed by atoms with Gasteiger partial charge in [0.25, 0.3) is 0 Å². The molecule has 11 atom stereocenters. The average molecular weight is 353 g/mol. The Morgan fingerprint density at radius 1 is 0.923 bits per heavy atom. The third-order valence-electron chi connectivity index (χ3n) is 11.7. The molecule has 0 saturated heterocycles. The molecule has 26 heavy (non-hydrogen) atoms. The molecule has 1 aromatic rings. The monoisotopic (exact) mass is 353 g/mol. The molecule has 1 aromatic heterocycles. The SMILES string of the molecule is CC1(C)[C@@H]2CC[C@@]1(C)[C@H](n1c(=O)n3n(c1=O)[C@@H]1[C@H]4[C@@H]5[C@@H]4[C@@H]4[C@@H]([C@@H]53)[C@]41C)C2. The Hall–Kier alpha value is -1.26. The van der Waals surface area contributed by atoms with E-state index < -0.39 is 0 Å². The van der Waals surface area contributed by atoms with E-state index in [4.69, 9.17) is 0 Å². The molecule has 0 amide bonds. The van der Waals surface area contributed by atoms with Gasteiger partial charge in [-0.15, -0.1) is 0 Å². The summed E-state index contributed by atoms with van der Waals surface area (Å²) in [6.07, 6.45) is 3.41. The minimum Gasteiger partial charge on any atom is -0.246 e. The second-order valence-corrected chi connectivity index (χ2v) is 11.8. The Balaban J connectivity index is 1.38. The largest absolute Gasteiger partial charge is 0.347 e. The Kier molecular flexibility index (Phi) is 1.71. The van der Waals surface area contributed by atoms with E-state index in [9.17, 15) is 9.59 Å². The lowest BCUT2D eigenvalue weighted by Gasteiger charge is -2.41. The minimum absolute atomic E-state index is 0.0240. The number of rotatable bonds is 1. The summed E-state index contributed by atoms with van der Waals surface area (Å²) in [5.41, 5.74) is 0.665. The maximum atomic E-state index is 13.6. The molecule has 138 valence electrons. The molecule has 0 radical (unpaired) electrons. The molecule has 6 fully saturated rings. The van der Waals surface area contributed by atoms with Gasteiger partial charge >= 0.3 is 11.4 Å². The molecule has 0 aromatic carbocycles. The molecule has 9 rings (SSSR count). The van der Waals surface area contributed by atoms with Crippen LogP contribution in [0.3, 0.4) is 0 Å². The first-order valence-electron chi connectivity index (χ1n) is 10.7. The van der Waals surface area contributed by atoms with Crippen LogP contribution in [0, 0.1) is 51.8 Å². The Labute approximate surface area is 152 Å². The topological polar surface area (TPSA) is 48.9 Å². The lowest BCUT2D eigenvalue weighted by atomic mass is 9.69. The van der Waals surface area contributed by atoms with Crippen molar-refractivity contribution in [3.63, 3.8) is 0 Å². The molecule has 0 spiro atoms. The summed E-state index contributed by atoms with van der Waals surface area (Å²) in [5.74, 6) is 4.40. The van der Waals surface area contributed by atoms with Crippen LogP contribution in [0.25, 0.3) is 0 Å². The molecular weight excluding hydrogens is 326 g/mol. The van der Waals surface area contributed by atoms with Crippen LogP contribution in [0.4, 0.5) is 0 Å². The first-order valence-corrected chi connectivity index (χ1v) is 10.7. The van der Waals surface area contributed by atoms with Crippen LogP contribution in [0.1, 0.15) is 65.1 Å². The third-order valence-corrected chi connectivity index (χ3v) is 11.7. The van der Waals surface area contributed by atoms with Gasteiger partial charge in [0.1, 0.15) is 0 Å². The van der Waals surface area contributed by atoms with Crippen molar-refractivity contribution < 1.29 is 0 Å². The lowest BCUT2D eigenvalue weighted by Crippen LogP contribution is -2.48. The van der Waals surface area contributed by atoms with E-state index in [2.05, 4.69) is 27.7 Å². The summed E-state index contributed by atoms with van der Waals surface area (Å²) < 4.78 is 5.67. The van der Waals surface area contributed by atoms with E-state index >= 15 is 0 Å². The number of aromatic nitrogens is 3. The standard InChI is InChI=1S/C21H27N3O2/c1-19(2)8-5-6-20(19,3)9(7-8)22-17(25)23-15-11-10-12(11)16(24(23)18(22)26)21(4)13(10)14(15)21/h8-16H,5-7H2,1-4H3/t8-,9-,10+,11+,12-,13-,14+,15-,16-,20+,21+/m1/s1. The third kappa shape index (κ3) is 0.926. The normalized spacial score (nSPS) is 62.7. The molecule has 4 bridgehead atoms. The van der Waals surface area contributed by atoms with Crippen molar-refractivity contribution in [3.05, 3.63) is 21.0 Å². The molecule has 2 aliphatic heterocycles. The van der Waals surface area contributed by atoms with Gasteiger partial charge in [-0.25, -0.2) is 23.5 Å². The minimum atomic E-state index is 0.0240. The zero-order chi connectivity index (χ0) is 17.7. The van der Waals surface area contributed by atoms with Gasteiger partial charge in [0.15, 0.2) is 0 Å². The van der Waals surface area contributed by atoms with Gasteiger partial charge in [-0.3, -0.25) is 0 Å². The Morgan fingerprint density at radius 3 is 2.23 bits per heavy atom. The van der Waals surface area contributed by atoms with Crippen molar-refractivity contribution in [1.29, 1.82) is 0 Å². The van der Waals surface area contributed by atoms with Crippen molar-refractivity contribution in [3.8, 4) is 0 Å². The first-order chi connectivity index (χ1) is 12.3. The van der Waals surface area contributed by atoms with Crippen LogP contribution in [0.5, 0.6) is 0 Å². The van der Waals surface area contributed by atoms with Crippen LogP contribution in [-0.4, -0.2) is 13.9 Å². The molecule has 6 aliphatic carbocycles. The zero-order valence-electron chi connectivity index (χ0n) is 16.0. The highest BCUT2D eigenvalue weighted by molar-refractivity contribution is 5.42. The number of fused-ring (bicyclic) bond motifs is 2. The average Bonchev–Trinajstić information content (AvgIpc) is 3.26. The van der Waals surface area contributed by atoms with Gasteiger partial charge in [-0.2, -0.15) is 0 Å². The molecule has 0 unspecified atom stereocenters. The molecule has 5 heteroatoms. The van der Waals surface area contributed by atoms with Gasteiger partial charge in [0.2, 0.25) is 0 Å². The van der Waals surface area contributed by atoms with Crippen LogP contribution in [0.15, 0.2) is 9.59 Å². The van der Waals surface area contributed by atoms with E-state index in [0.717, 1.165) is 30.6 Å². The summed E-state index contributed by atoms with van der Waals surface area (Å²) >= 11 is 0. The molecule has 8 aliphatic rings. The van der Waals surface area contributed by atoms with Gasteiger partial charge < -0.3 is 0 Å². The summed E-state index contributed by atoms with van der Waals surface area (Å²) in [6, 6.07) is 0.748. The van der Waals surface area contributed by atoms with Crippen molar-refractivity contribution >= 4 is 0 Å². The summed E-state index contributed by atoms with van der Waals surface area (Å²) in [4.78, 5) is 27.2. The highest BCUT2D eigenvalue weighted by Gasteiger charge is 2.95. The number of hydrogen-bond acceptors (Lipinski definition) is 2. The predicted octanol–water partition coefficient (Wildman–Crippen LogP) is 2.44. The summed E-state index contributed by atoms with van der Waals surface area (Å²) in [7, 11) is 0. The van der Waals surface area contributed by atoms with E-state index in [-0.39, 0.29) is 28.3 Å². The molecule has 6 saturated carbocycles. The summed E-state index contributed by atoms with van der Waals surface area (Å²) in [6.45, 7) is 9.47. The van der Waals surface area contributed by atoms with E-state index in [1.54, 1.807) is 4.57 Å². The predicted molar refractivity (Wildman–Crippen MR) is 94.8 cm³/mol. The molecule has 0 N–H and O–H groups in total. The second-order valence-electron chi connectivity index (χ2n) is 11.8. The van der Waals surface area contributed by atoms with E-state index in [0.29, 0.717) is 35.3 Å². The molecular formula is C21H27N3O2. The maximum absolute atomic E-state index is 13.6. The smallest absolute Gasteiger partial charge is 0.246 e. The van der Waals surface area contributed by atoms with Crippen molar-refractivity contribution in [1.82, 2.24) is 13.9 Å². The van der Waals surface area contributed by atoms with Crippen molar-refractivity contribution in [2.75, 3.05) is 0 Å². The van der Waals surface area contributed by atoms with Crippen molar-refractivity contribution in [2.45, 2.75) is 65.1 Å². The van der Waals surface area contributed by atoms with E-state index in [1.807, 2.05) is 9.36 Å². The fourth-order valence-corrected chi connectivity index (χ4v) is 10.2. The van der Waals surface area contributed by atoms with Crippen LogP contribution in [0.2, 0.25) is 0 Å². The van der Waals surface area contributed by atoms with Crippen LogP contribution >= 0.6 is 0 Å². The Bertz CT molecular complexity index is 1060. The highest BCUT2D eigenvalue weighted by Crippen LogP contribution is 2.96. The van der Waals surface area contributed by atoms with Crippen molar-refractivity contribution in [2.24, 2.45) is 51.8 Å². The lowest BCUT2D eigenvalue weighted by molar-refractivity contribution is 0.0636. The van der Waals surface area contributed by atoms with Gasteiger partial charge in [-0.05, 0) is 71.0 Å². The molecule has 3 heterocycles.